The molecule has 0 heterocycles. The molecule has 0 aromatic rings. The third-order valence-electron chi connectivity index (χ3n) is 14.3. The van der Waals surface area contributed by atoms with E-state index in [1.807, 2.05) is 0 Å². The van der Waals surface area contributed by atoms with Crippen LogP contribution in [0.5, 0.6) is 0 Å². The monoisotopic (exact) mass is 541 g/mol. The van der Waals surface area contributed by atoms with Crippen molar-refractivity contribution in [1.29, 1.82) is 0 Å². The summed E-state index contributed by atoms with van der Waals surface area (Å²) in [7, 11) is -1.12. The zero-order chi connectivity index (χ0) is 27.2. The average Bonchev–Trinajstić information content (AvgIpc) is 3.11. The molecule has 0 aromatic heterocycles. The van der Waals surface area contributed by atoms with Crippen molar-refractivity contribution in [3.8, 4) is 0 Å². The van der Waals surface area contributed by atoms with Crippen LogP contribution >= 0.6 is 0 Å². The molecular formula is C37H68Si. The van der Waals surface area contributed by atoms with Crippen LogP contribution in [0.25, 0.3) is 0 Å². The van der Waals surface area contributed by atoms with Gasteiger partial charge in [0.15, 0.2) is 0 Å². The van der Waals surface area contributed by atoms with Crippen molar-refractivity contribution in [1.82, 2.24) is 0 Å². The number of hydrogen-bond acceptors (Lipinski definition) is 0. The summed E-state index contributed by atoms with van der Waals surface area (Å²) in [5.74, 6) is 10.1. The highest BCUT2D eigenvalue weighted by molar-refractivity contribution is 6.80. The fraction of sp³-hybridized carbons (Fsp3) is 1.00. The first kappa shape index (κ1) is 29.7. The number of hydrogen-bond donors (Lipinski definition) is 0. The summed E-state index contributed by atoms with van der Waals surface area (Å²) in [6, 6.07) is 0. The minimum absolute atomic E-state index is 0.662. The van der Waals surface area contributed by atoms with E-state index < -0.39 is 8.07 Å². The Balaban J connectivity index is 1.28. The largest absolute Gasteiger partial charge is 0.0689 e. The molecule has 0 amide bonds. The molecule has 0 spiro atoms. The van der Waals surface area contributed by atoms with Gasteiger partial charge in [-0.1, -0.05) is 112 Å². The van der Waals surface area contributed by atoms with Gasteiger partial charge in [-0.15, -0.1) is 0 Å². The van der Waals surface area contributed by atoms with E-state index >= 15 is 0 Å². The standard InChI is InChI=1S/C37H68Si/c1-25(2)23-37(24-26(3)4)35-21-28(6)11-19-33(35)34-20-14-30(22-36(34)37)29-12-17-32(18-13-29)38(7,8)31-15-9-27(5)10-16-31/h25-36H,9-24H2,1-8H3. The van der Waals surface area contributed by atoms with E-state index in [2.05, 4.69) is 54.6 Å². The van der Waals surface area contributed by atoms with Crippen LogP contribution in [0.1, 0.15) is 144 Å². The third-order valence-corrected chi connectivity index (χ3v) is 19.6. The van der Waals surface area contributed by atoms with Crippen molar-refractivity contribution in [2.45, 2.75) is 168 Å². The Kier molecular flexibility index (Phi) is 9.25. The van der Waals surface area contributed by atoms with E-state index in [1.54, 1.807) is 70.6 Å². The minimum Gasteiger partial charge on any atom is -0.0689 e. The molecule has 5 fully saturated rings. The predicted molar refractivity (Wildman–Crippen MR) is 170 cm³/mol. The van der Waals surface area contributed by atoms with Crippen LogP contribution in [0.2, 0.25) is 24.2 Å². The highest BCUT2D eigenvalue weighted by Crippen LogP contribution is 2.69. The Morgan fingerprint density at radius 3 is 1.55 bits per heavy atom. The molecule has 0 aliphatic heterocycles. The lowest BCUT2D eigenvalue weighted by Gasteiger charge is -2.50. The van der Waals surface area contributed by atoms with Crippen LogP contribution in [0.4, 0.5) is 0 Å². The maximum Gasteiger partial charge on any atom is 0.0535 e. The summed E-state index contributed by atoms with van der Waals surface area (Å²) in [6.45, 7) is 20.9. The molecule has 5 aliphatic rings. The maximum atomic E-state index is 2.82. The van der Waals surface area contributed by atoms with Crippen LogP contribution in [-0.2, 0) is 0 Å². The first-order valence-corrected chi connectivity index (χ1v) is 21.2. The van der Waals surface area contributed by atoms with E-state index in [9.17, 15) is 0 Å². The van der Waals surface area contributed by atoms with Gasteiger partial charge in [0.2, 0.25) is 0 Å². The molecule has 6 atom stereocenters. The second kappa shape index (κ2) is 11.8. The zero-order valence-corrected chi connectivity index (χ0v) is 28.2. The number of fused-ring (bicyclic) bond motifs is 3. The van der Waals surface area contributed by atoms with Gasteiger partial charge in [-0.3, -0.25) is 0 Å². The van der Waals surface area contributed by atoms with Gasteiger partial charge in [0.25, 0.3) is 0 Å². The molecule has 0 radical (unpaired) electrons. The highest BCUT2D eigenvalue weighted by atomic mass is 28.3. The smallest absolute Gasteiger partial charge is 0.0535 e. The molecule has 0 aromatic carbocycles. The van der Waals surface area contributed by atoms with E-state index in [4.69, 9.17) is 0 Å². The van der Waals surface area contributed by atoms with E-state index in [1.165, 1.54) is 32.1 Å². The van der Waals surface area contributed by atoms with Gasteiger partial charge in [-0.2, -0.15) is 0 Å². The Bertz CT molecular complexity index is 739. The Hall–Kier alpha value is 0.217. The minimum atomic E-state index is -1.12. The van der Waals surface area contributed by atoms with Crippen molar-refractivity contribution in [3.05, 3.63) is 0 Å². The zero-order valence-electron chi connectivity index (χ0n) is 27.2. The van der Waals surface area contributed by atoms with Crippen LogP contribution in [-0.4, -0.2) is 8.07 Å². The maximum absolute atomic E-state index is 2.82. The van der Waals surface area contributed by atoms with Crippen molar-refractivity contribution in [3.63, 3.8) is 0 Å². The van der Waals surface area contributed by atoms with Gasteiger partial charge >= 0.3 is 0 Å². The van der Waals surface area contributed by atoms with Crippen molar-refractivity contribution in [2.24, 2.45) is 64.6 Å². The van der Waals surface area contributed by atoms with Crippen LogP contribution in [0, 0.1) is 64.6 Å². The van der Waals surface area contributed by atoms with E-state index in [-0.39, 0.29) is 0 Å². The molecule has 0 saturated heterocycles. The van der Waals surface area contributed by atoms with Crippen LogP contribution < -0.4 is 0 Å². The second-order valence-corrected chi connectivity index (χ2v) is 23.1. The average molecular weight is 541 g/mol. The summed E-state index contributed by atoms with van der Waals surface area (Å²) in [5, 5.41) is 0. The van der Waals surface area contributed by atoms with Gasteiger partial charge in [0.05, 0.1) is 8.07 Å². The fourth-order valence-corrected chi connectivity index (χ4v) is 16.9. The van der Waals surface area contributed by atoms with E-state index in [0.717, 1.165) is 70.3 Å². The van der Waals surface area contributed by atoms with Gasteiger partial charge in [0, 0.05) is 0 Å². The summed E-state index contributed by atoms with van der Waals surface area (Å²) in [5.41, 5.74) is 2.92. The van der Waals surface area contributed by atoms with Gasteiger partial charge < -0.3 is 0 Å². The van der Waals surface area contributed by atoms with E-state index in [0.29, 0.717) is 5.41 Å². The number of rotatable bonds is 7. The normalized spacial score (nSPS) is 43.7. The Labute approximate surface area is 240 Å². The summed E-state index contributed by atoms with van der Waals surface area (Å²) in [4.78, 5) is 0. The Morgan fingerprint density at radius 1 is 0.553 bits per heavy atom. The van der Waals surface area contributed by atoms with Crippen molar-refractivity contribution < 1.29 is 0 Å². The fourth-order valence-electron chi connectivity index (χ4n) is 12.6. The summed E-state index contributed by atoms with van der Waals surface area (Å²) in [6.07, 6.45) is 25.1. The second-order valence-electron chi connectivity index (χ2n) is 17.9. The molecule has 6 unspecified atom stereocenters. The molecule has 5 saturated carbocycles. The molecule has 38 heavy (non-hydrogen) atoms. The third kappa shape index (κ3) is 5.77. The molecular weight excluding hydrogens is 472 g/mol. The molecule has 0 nitrogen and oxygen atoms in total. The van der Waals surface area contributed by atoms with Crippen LogP contribution in [0.3, 0.4) is 0 Å². The molecule has 0 N–H and O–H groups in total. The molecule has 1 heteroatoms. The molecule has 5 aliphatic carbocycles. The first-order valence-electron chi connectivity index (χ1n) is 18.0. The lowest BCUT2D eigenvalue weighted by molar-refractivity contribution is 0.00466. The first-order chi connectivity index (χ1) is 18.0. The van der Waals surface area contributed by atoms with Gasteiger partial charge in [0.1, 0.15) is 0 Å². The predicted octanol–water partition coefficient (Wildman–Crippen LogP) is 12.0. The molecule has 0 bridgehead atoms. The van der Waals surface area contributed by atoms with Crippen LogP contribution in [0.15, 0.2) is 0 Å². The molecule has 5 rings (SSSR count). The SMILES string of the molecule is CC(C)CC1(CC(C)C)C2CC(C)CCC2C2CCC(C3CCC([Si](C)(C)C4CCC(C)CC4)CC3)CC21. The summed E-state index contributed by atoms with van der Waals surface area (Å²) >= 11 is 0. The van der Waals surface area contributed by atoms with Crippen molar-refractivity contribution >= 4 is 8.07 Å². The topological polar surface area (TPSA) is 0 Å². The molecule has 220 valence electrons. The van der Waals surface area contributed by atoms with Crippen molar-refractivity contribution in [2.75, 3.05) is 0 Å². The highest BCUT2D eigenvalue weighted by Gasteiger charge is 2.61. The lowest BCUT2D eigenvalue weighted by Crippen LogP contribution is -2.43. The lowest BCUT2D eigenvalue weighted by atomic mass is 9.56. The van der Waals surface area contributed by atoms with Gasteiger partial charge in [-0.05, 0) is 121 Å². The Morgan fingerprint density at radius 2 is 1.00 bits per heavy atom. The van der Waals surface area contributed by atoms with Gasteiger partial charge in [-0.25, -0.2) is 0 Å². The quantitative estimate of drug-likeness (QED) is 0.282. The summed E-state index contributed by atoms with van der Waals surface area (Å²) < 4.78 is 0.